The first kappa shape index (κ1) is 37.7. The summed E-state index contributed by atoms with van der Waals surface area (Å²) in [5.41, 5.74) is 0.383. The number of aliphatic hydroxyl groups excluding tert-OH is 1. The van der Waals surface area contributed by atoms with Gasteiger partial charge < -0.3 is 34.2 Å². The molecule has 276 valence electrons. The van der Waals surface area contributed by atoms with Crippen LogP contribution in [0.2, 0.25) is 0 Å². The number of piperidine rings is 1. The Hall–Kier alpha value is -4.52. The van der Waals surface area contributed by atoms with Gasteiger partial charge in [0.05, 0.1) is 24.3 Å². The van der Waals surface area contributed by atoms with Crippen LogP contribution in [0.1, 0.15) is 84.1 Å². The topological polar surface area (TPSA) is 134 Å². The van der Waals surface area contributed by atoms with Gasteiger partial charge in [-0.05, 0) is 80.8 Å². The molecular weight excluding hydrogens is 662 g/mol. The van der Waals surface area contributed by atoms with Gasteiger partial charge in [-0.1, -0.05) is 44.2 Å². The number of hydrogen-bond donors (Lipinski definition) is 2. The number of β-amino-alcohol motifs (C(OH)–C–C–N with tert-alkyl or cyclic N) is 1. The third kappa shape index (κ3) is 9.24. The molecule has 3 aromatic rings. The van der Waals surface area contributed by atoms with Crippen molar-refractivity contribution in [3.8, 4) is 17.0 Å². The summed E-state index contributed by atoms with van der Waals surface area (Å²) in [7, 11) is 0. The summed E-state index contributed by atoms with van der Waals surface area (Å²) in [5, 5.41) is 17.5. The molecule has 2 aliphatic rings. The average Bonchev–Trinajstić information content (AvgIpc) is 3.70. The smallest absolute Gasteiger partial charge is 0.410 e. The van der Waals surface area contributed by atoms with Gasteiger partial charge in [-0.3, -0.25) is 9.59 Å². The van der Waals surface area contributed by atoms with Crippen LogP contribution in [-0.2, 0) is 14.3 Å². The molecule has 0 aliphatic carbocycles. The van der Waals surface area contributed by atoms with E-state index in [1.54, 1.807) is 42.2 Å². The molecule has 4 atom stereocenters. The lowest BCUT2D eigenvalue weighted by molar-refractivity contribution is -0.141. The van der Waals surface area contributed by atoms with Crippen LogP contribution >= 0.6 is 0 Å². The van der Waals surface area contributed by atoms with Gasteiger partial charge >= 0.3 is 6.09 Å². The first-order valence-electron chi connectivity index (χ1n) is 17.5. The van der Waals surface area contributed by atoms with Crippen LogP contribution < -0.4 is 10.1 Å². The Morgan fingerprint density at radius 1 is 1.04 bits per heavy atom. The van der Waals surface area contributed by atoms with E-state index < -0.39 is 47.2 Å². The van der Waals surface area contributed by atoms with Crippen LogP contribution in [0.5, 0.6) is 5.88 Å². The summed E-state index contributed by atoms with van der Waals surface area (Å²) in [6.45, 7) is 12.5. The molecule has 2 saturated heterocycles. The van der Waals surface area contributed by atoms with Crippen molar-refractivity contribution in [2.75, 3.05) is 26.2 Å². The Bertz CT molecular complexity index is 1660. The zero-order valence-electron chi connectivity index (χ0n) is 30.0. The van der Waals surface area contributed by atoms with Gasteiger partial charge in [0.25, 0.3) is 5.88 Å². The highest BCUT2D eigenvalue weighted by Gasteiger charge is 2.43. The van der Waals surface area contributed by atoms with Gasteiger partial charge in [-0.15, -0.1) is 0 Å². The second-order valence-corrected chi connectivity index (χ2v) is 14.9. The van der Waals surface area contributed by atoms with Crippen LogP contribution in [0.25, 0.3) is 11.1 Å². The number of nitrogens with one attached hydrogen (secondary N) is 1. The van der Waals surface area contributed by atoms with E-state index in [1.165, 1.54) is 23.1 Å². The lowest BCUT2D eigenvalue weighted by Crippen LogP contribution is -2.48. The maximum absolute atomic E-state index is 14.3. The van der Waals surface area contributed by atoms with Crippen LogP contribution in [0.4, 0.5) is 13.6 Å². The summed E-state index contributed by atoms with van der Waals surface area (Å²) in [6.07, 6.45) is 0.347. The third-order valence-electron chi connectivity index (χ3n) is 9.36. The van der Waals surface area contributed by atoms with Crippen LogP contribution in [0.15, 0.2) is 53.1 Å². The lowest BCUT2D eigenvalue weighted by Gasteiger charge is -2.33. The highest BCUT2D eigenvalue weighted by Crippen LogP contribution is 2.33. The number of aliphatic hydroxyl groups is 1. The van der Waals surface area contributed by atoms with Crippen molar-refractivity contribution >= 4 is 17.9 Å². The Morgan fingerprint density at radius 3 is 2.29 bits per heavy atom. The van der Waals surface area contributed by atoms with E-state index in [1.807, 2.05) is 34.6 Å². The molecule has 51 heavy (non-hydrogen) atoms. The number of carbonyl (C=O) groups is 3. The number of likely N-dealkylation sites (tertiary alicyclic amines) is 2. The number of nitrogens with zero attached hydrogens (tertiary/aromatic N) is 3. The summed E-state index contributed by atoms with van der Waals surface area (Å²) >= 11 is 0. The summed E-state index contributed by atoms with van der Waals surface area (Å²) in [6, 6.07) is 10.4. The zero-order valence-corrected chi connectivity index (χ0v) is 30.0. The molecule has 2 fully saturated rings. The van der Waals surface area contributed by atoms with Crippen molar-refractivity contribution in [1.29, 1.82) is 0 Å². The minimum absolute atomic E-state index is 0.0170. The van der Waals surface area contributed by atoms with E-state index in [4.69, 9.17) is 14.0 Å². The van der Waals surface area contributed by atoms with E-state index in [2.05, 4.69) is 10.5 Å². The van der Waals surface area contributed by atoms with Crippen molar-refractivity contribution in [3.63, 3.8) is 0 Å². The second kappa shape index (κ2) is 15.8. The molecule has 3 amide bonds. The van der Waals surface area contributed by atoms with Gasteiger partial charge in [0, 0.05) is 32.1 Å². The van der Waals surface area contributed by atoms with E-state index in [-0.39, 0.29) is 48.2 Å². The zero-order chi connectivity index (χ0) is 37.0. The molecule has 1 unspecified atom stereocenters. The molecule has 0 spiro atoms. The molecule has 2 aliphatic heterocycles. The molecule has 13 heteroatoms. The molecule has 0 radical (unpaired) electrons. The predicted octanol–water partition coefficient (Wildman–Crippen LogP) is 6.22. The van der Waals surface area contributed by atoms with Crippen molar-refractivity contribution < 1.29 is 42.3 Å². The van der Waals surface area contributed by atoms with Gasteiger partial charge in [0.15, 0.2) is 5.76 Å². The number of aromatic nitrogens is 1. The van der Waals surface area contributed by atoms with Crippen molar-refractivity contribution in [2.45, 2.75) is 90.5 Å². The minimum atomic E-state index is -0.923. The maximum atomic E-state index is 14.3. The van der Waals surface area contributed by atoms with Gasteiger partial charge in [-0.2, -0.15) is 0 Å². The fraction of sp³-hybridized carbons (Fsp3) is 0.526. The summed E-state index contributed by atoms with van der Waals surface area (Å²) in [4.78, 5) is 43.1. The largest absolute Gasteiger partial charge is 0.475 e. The highest BCUT2D eigenvalue weighted by atomic mass is 19.1. The molecule has 11 nitrogen and oxygen atoms in total. The quantitative estimate of drug-likeness (QED) is 0.253. The summed E-state index contributed by atoms with van der Waals surface area (Å²) in [5.74, 6) is -2.41. The molecular formula is C38H48F2N4O7. The Labute approximate surface area is 297 Å². The van der Waals surface area contributed by atoms with Crippen molar-refractivity contribution in [3.05, 3.63) is 71.5 Å². The first-order valence-corrected chi connectivity index (χ1v) is 17.5. The average molecular weight is 711 g/mol. The first-order chi connectivity index (χ1) is 24.1. The summed E-state index contributed by atoms with van der Waals surface area (Å²) < 4.78 is 45.6. The second-order valence-electron chi connectivity index (χ2n) is 14.9. The van der Waals surface area contributed by atoms with Gasteiger partial charge in [-0.25, -0.2) is 13.6 Å². The molecule has 0 bridgehead atoms. The molecule has 0 saturated carbocycles. The van der Waals surface area contributed by atoms with Gasteiger partial charge in [0.2, 0.25) is 11.8 Å². The van der Waals surface area contributed by atoms with E-state index in [0.29, 0.717) is 36.6 Å². The van der Waals surface area contributed by atoms with Crippen LogP contribution in [0.3, 0.4) is 0 Å². The van der Waals surface area contributed by atoms with E-state index in [9.17, 15) is 28.3 Å². The SMILES string of the molecule is CC(C)C(C(=O)N1C[C@H](O)C[C@H]1C(=O)N[C@@H](C)c1ccc(-c2c(F)cccc2F)cc1)c1cc(OCC2CCN(C(=O)OC(C)(C)C)CC2)no1. The van der Waals surface area contributed by atoms with Crippen molar-refractivity contribution in [2.24, 2.45) is 11.8 Å². The third-order valence-corrected chi connectivity index (χ3v) is 9.36. The fourth-order valence-electron chi connectivity index (χ4n) is 6.62. The molecule has 3 heterocycles. The number of ether oxygens (including phenoxy) is 2. The minimum Gasteiger partial charge on any atom is -0.475 e. The van der Waals surface area contributed by atoms with E-state index in [0.717, 1.165) is 12.8 Å². The maximum Gasteiger partial charge on any atom is 0.410 e. The number of rotatable bonds is 10. The lowest BCUT2D eigenvalue weighted by atomic mass is 9.91. The Balaban J connectivity index is 1.18. The van der Waals surface area contributed by atoms with Crippen LogP contribution in [-0.4, -0.2) is 82.0 Å². The molecule has 2 N–H and O–H groups in total. The standard InChI is InChI=1S/C38H48F2N4O7/c1-22(2)33(31-19-32(42-51-31)49-21-24-14-16-43(17-15-24)37(48)50-38(4,5)6)36(47)44-20-27(45)18-30(44)35(46)41-23(3)25-10-12-26(13-11-25)34-28(39)8-7-9-29(34)40/h7-13,19,22-24,27,30,33,45H,14-18,20-21H2,1-6H3,(H,41,46)/t23-,27+,30-,33?/m0/s1. The Morgan fingerprint density at radius 2 is 1.69 bits per heavy atom. The van der Waals surface area contributed by atoms with Crippen molar-refractivity contribution in [1.82, 2.24) is 20.3 Å². The van der Waals surface area contributed by atoms with E-state index >= 15 is 0 Å². The molecule has 5 rings (SSSR count). The predicted molar refractivity (Wildman–Crippen MR) is 185 cm³/mol. The molecule has 1 aromatic heterocycles. The van der Waals surface area contributed by atoms with Crippen LogP contribution in [0, 0.1) is 23.5 Å². The number of carbonyl (C=O) groups excluding carboxylic acids is 3. The highest BCUT2D eigenvalue weighted by molar-refractivity contribution is 5.91. The van der Waals surface area contributed by atoms with Gasteiger partial charge in [0.1, 0.15) is 29.2 Å². The normalized spacial score (nSPS) is 19.6. The number of amides is 3. The monoisotopic (exact) mass is 710 g/mol. The number of hydrogen-bond acceptors (Lipinski definition) is 8. The molecule has 2 aromatic carbocycles. The number of halogens is 2. The number of benzene rings is 2. The fourth-order valence-corrected chi connectivity index (χ4v) is 6.62. The Kier molecular flexibility index (Phi) is 11.7.